The lowest BCUT2D eigenvalue weighted by Gasteiger charge is -2.08. The predicted molar refractivity (Wildman–Crippen MR) is 107 cm³/mol. The van der Waals surface area contributed by atoms with Crippen LogP contribution in [-0.2, 0) is 0 Å². The minimum atomic E-state index is -0.348. The summed E-state index contributed by atoms with van der Waals surface area (Å²) in [5.41, 5.74) is 1.58. The summed E-state index contributed by atoms with van der Waals surface area (Å²) in [5.74, 6) is 0.329. The molecule has 2 aromatic heterocycles. The van der Waals surface area contributed by atoms with Crippen molar-refractivity contribution >= 4 is 22.6 Å². The zero-order valence-electron chi connectivity index (χ0n) is 15.0. The Balaban J connectivity index is 1.74. The summed E-state index contributed by atoms with van der Waals surface area (Å²) < 4.78 is 6.57. The molecule has 7 nitrogen and oxygen atoms in total. The Morgan fingerprint density at radius 1 is 1.07 bits per heavy atom. The van der Waals surface area contributed by atoms with Gasteiger partial charge in [-0.2, -0.15) is 0 Å². The Kier molecular flexibility index (Phi) is 4.33. The van der Waals surface area contributed by atoms with E-state index in [9.17, 15) is 14.7 Å². The van der Waals surface area contributed by atoms with E-state index in [-0.39, 0.29) is 17.2 Å². The van der Waals surface area contributed by atoms with Crippen LogP contribution < -0.4 is 15.6 Å². The van der Waals surface area contributed by atoms with Crippen LogP contribution in [0, 0.1) is 0 Å². The summed E-state index contributed by atoms with van der Waals surface area (Å²) in [6.07, 6.45) is 0. The number of carbonyl (C=O) groups is 1. The van der Waals surface area contributed by atoms with E-state index in [2.05, 4.69) is 10.3 Å². The number of hydrogen-bond donors (Lipinski definition) is 3. The highest BCUT2D eigenvalue weighted by Gasteiger charge is 2.14. The molecule has 4 rings (SSSR count). The number of H-pyrrole nitrogens is 1. The van der Waals surface area contributed by atoms with Crippen LogP contribution in [0.3, 0.4) is 0 Å². The van der Waals surface area contributed by atoms with Gasteiger partial charge in [0.1, 0.15) is 22.8 Å². The average molecular weight is 375 g/mol. The number of phenols is 1. The van der Waals surface area contributed by atoms with Crippen molar-refractivity contribution in [1.82, 2.24) is 9.55 Å². The van der Waals surface area contributed by atoms with Gasteiger partial charge in [0.05, 0.1) is 12.8 Å². The number of amides is 1. The summed E-state index contributed by atoms with van der Waals surface area (Å²) >= 11 is 0. The Hall–Kier alpha value is -4.00. The molecule has 0 aliphatic rings. The number of pyridine rings is 1. The molecule has 7 heteroatoms. The van der Waals surface area contributed by atoms with E-state index in [1.54, 1.807) is 55.6 Å². The Morgan fingerprint density at radius 3 is 2.68 bits per heavy atom. The molecule has 2 heterocycles. The number of rotatable bonds is 4. The first-order chi connectivity index (χ1) is 13.5. The van der Waals surface area contributed by atoms with Crippen LogP contribution in [0.5, 0.6) is 11.5 Å². The number of aromatic hydroxyl groups is 1. The summed E-state index contributed by atoms with van der Waals surface area (Å²) in [6, 6.07) is 18.1. The van der Waals surface area contributed by atoms with Crippen LogP contribution in [-0.4, -0.2) is 27.7 Å². The normalized spacial score (nSPS) is 10.8. The van der Waals surface area contributed by atoms with Crippen LogP contribution in [0.4, 0.5) is 5.69 Å². The second-order valence-electron chi connectivity index (χ2n) is 6.20. The summed E-state index contributed by atoms with van der Waals surface area (Å²) in [4.78, 5) is 28.1. The van der Waals surface area contributed by atoms with E-state index in [1.165, 1.54) is 22.8 Å². The molecule has 3 N–H and O–H groups in total. The van der Waals surface area contributed by atoms with E-state index >= 15 is 0 Å². The van der Waals surface area contributed by atoms with E-state index < -0.39 is 0 Å². The molecule has 4 aromatic rings. The molecule has 28 heavy (non-hydrogen) atoms. The lowest BCUT2D eigenvalue weighted by atomic mass is 10.2. The van der Waals surface area contributed by atoms with Crippen molar-refractivity contribution in [2.75, 3.05) is 12.4 Å². The minimum absolute atomic E-state index is 0.0453. The zero-order valence-corrected chi connectivity index (χ0v) is 15.0. The van der Waals surface area contributed by atoms with Gasteiger partial charge in [-0.25, -0.2) is 0 Å². The minimum Gasteiger partial charge on any atom is -0.508 e. The third-order valence-electron chi connectivity index (χ3n) is 4.34. The molecule has 140 valence electrons. The van der Waals surface area contributed by atoms with Gasteiger partial charge in [0.2, 0.25) is 0 Å². The summed E-state index contributed by atoms with van der Waals surface area (Å²) in [7, 11) is 1.55. The molecule has 0 saturated heterocycles. The van der Waals surface area contributed by atoms with Crippen LogP contribution >= 0.6 is 0 Å². The number of carbonyl (C=O) groups excluding carboxylic acids is 1. The highest BCUT2D eigenvalue weighted by atomic mass is 16.5. The van der Waals surface area contributed by atoms with Crippen molar-refractivity contribution < 1.29 is 14.6 Å². The van der Waals surface area contributed by atoms with Crippen molar-refractivity contribution in [2.24, 2.45) is 0 Å². The van der Waals surface area contributed by atoms with Gasteiger partial charge in [0, 0.05) is 29.3 Å². The first-order valence-electron chi connectivity index (χ1n) is 8.55. The van der Waals surface area contributed by atoms with Gasteiger partial charge in [-0.1, -0.05) is 12.1 Å². The Bertz CT molecular complexity index is 1240. The van der Waals surface area contributed by atoms with Crippen molar-refractivity contribution in [3.05, 3.63) is 82.8 Å². The van der Waals surface area contributed by atoms with E-state index in [0.717, 1.165) is 0 Å². The molecular weight excluding hydrogens is 358 g/mol. The molecule has 0 fully saturated rings. The van der Waals surface area contributed by atoms with E-state index in [4.69, 9.17) is 4.74 Å². The number of aromatic amines is 1. The van der Waals surface area contributed by atoms with Gasteiger partial charge in [-0.3, -0.25) is 14.2 Å². The summed E-state index contributed by atoms with van der Waals surface area (Å²) in [5, 5.41) is 13.2. The molecule has 0 unspecified atom stereocenters. The van der Waals surface area contributed by atoms with E-state index in [1.807, 2.05) is 0 Å². The largest absolute Gasteiger partial charge is 0.508 e. The fourth-order valence-corrected chi connectivity index (χ4v) is 3.03. The van der Waals surface area contributed by atoms with E-state index in [0.29, 0.717) is 33.9 Å². The SMILES string of the molecule is COc1cccc(NC(=O)c2cc3ccc(=O)n(-c4cccc(O)c4)c3[nH]2)c1. The van der Waals surface area contributed by atoms with Crippen molar-refractivity contribution in [3.8, 4) is 17.2 Å². The number of phenolic OH excluding ortho intramolecular Hbond substituents is 1. The maximum Gasteiger partial charge on any atom is 0.272 e. The molecule has 0 atom stereocenters. The molecule has 0 spiro atoms. The Morgan fingerprint density at radius 2 is 1.89 bits per heavy atom. The fraction of sp³-hybridized carbons (Fsp3) is 0.0476. The van der Waals surface area contributed by atoms with Crippen molar-refractivity contribution in [1.29, 1.82) is 0 Å². The summed E-state index contributed by atoms with van der Waals surface area (Å²) in [6.45, 7) is 0. The van der Waals surface area contributed by atoms with Crippen molar-refractivity contribution in [2.45, 2.75) is 0 Å². The smallest absolute Gasteiger partial charge is 0.272 e. The number of ether oxygens (including phenoxy) is 1. The highest BCUT2D eigenvalue weighted by Crippen LogP contribution is 2.21. The highest BCUT2D eigenvalue weighted by molar-refractivity contribution is 6.05. The van der Waals surface area contributed by atoms with Crippen molar-refractivity contribution in [3.63, 3.8) is 0 Å². The maximum atomic E-state index is 12.7. The third kappa shape index (κ3) is 3.21. The van der Waals surface area contributed by atoms with Gasteiger partial charge in [0.25, 0.3) is 11.5 Å². The first-order valence-corrected chi connectivity index (χ1v) is 8.55. The molecule has 2 aromatic carbocycles. The topological polar surface area (TPSA) is 96.3 Å². The van der Waals surface area contributed by atoms with Crippen LogP contribution in [0.1, 0.15) is 10.5 Å². The number of nitrogens with zero attached hydrogens (tertiary/aromatic N) is 1. The molecule has 1 amide bonds. The predicted octanol–water partition coefficient (Wildman–Crippen LogP) is 3.29. The van der Waals surface area contributed by atoms with Gasteiger partial charge in [0.15, 0.2) is 0 Å². The fourth-order valence-electron chi connectivity index (χ4n) is 3.03. The van der Waals surface area contributed by atoms with Gasteiger partial charge in [-0.05, 0) is 36.4 Å². The lowest BCUT2D eigenvalue weighted by molar-refractivity contribution is 0.102. The number of hydrogen-bond acceptors (Lipinski definition) is 4. The molecule has 0 bridgehead atoms. The first kappa shape index (κ1) is 17.4. The molecular formula is C21H17N3O4. The molecule has 0 aliphatic heterocycles. The quantitative estimate of drug-likeness (QED) is 0.510. The number of fused-ring (bicyclic) bond motifs is 1. The molecule has 0 radical (unpaired) electrons. The zero-order chi connectivity index (χ0) is 19.7. The monoisotopic (exact) mass is 375 g/mol. The third-order valence-corrected chi connectivity index (χ3v) is 4.34. The second-order valence-corrected chi connectivity index (χ2v) is 6.20. The standard InChI is InChI=1S/C21H17N3O4/c1-28-17-7-2-4-14(11-17)22-21(27)18-10-13-8-9-19(26)24(20(13)23-18)15-5-3-6-16(25)12-15/h2-12,23,25H,1H3,(H,22,27). The number of methoxy groups -OCH3 is 1. The van der Waals surface area contributed by atoms with Crippen LogP contribution in [0.15, 0.2) is 71.5 Å². The molecule has 0 saturated carbocycles. The second kappa shape index (κ2) is 6.96. The van der Waals surface area contributed by atoms with Gasteiger partial charge < -0.3 is 20.1 Å². The number of aromatic nitrogens is 2. The number of anilines is 1. The number of nitrogens with one attached hydrogen (secondary N) is 2. The molecule has 0 aliphatic carbocycles. The maximum absolute atomic E-state index is 12.7. The average Bonchev–Trinajstić information content (AvgIpc) is 3.12. The Labute approximate surface area is 159 Å². The van der Waals surface area contributed by atoms with Gasteiger partial charge >= 0.3 is 0 Å². The lowest BCUT2D eigenvalue weighted by Crippen LogP contribution is -2.17. The van der Waals surface area contributed by atoms with Crippen LogP contribution in [0.25, 0.3) is 16.7 Å². The van der Waals surface area contributed by atoms with Gasteiger partial charge in [-0.15, -0.1) is 0 Å². The number of benzene rings is 2. The van der Waals surface area contributed by atoms with Crippen LogP contribution in [0.2, 0.25) is 0 Å².